The van der Waals surface area contributed by atoms with Gasteiger partial charge in [0, 0.05) is 29.7 Å². The van der Waals surface area contributed by atoms with Gasteiger partial charge in [-0.3, -0.25) is 4.90 Å². The summed E-state index contributed by atoms with van der Waals surface area (Å²) in [6.45, 7) is 7.24. The molecule has 1 saturated heterocycles. The molecule has 1 aliphatic carbocycles. The van der Waals surface area contributed by atoms with E-state index in [1.54, 1.807) is 0 Å². The van der Waals surface area contributed by atoms with Crippen LogP contribution < -0.4 is 5.73 Å². The van der Waals surface area contributed by atoms with Crippen molar-refractivity contribution < 1.29 is 14.6 Å². The minimum atomic E-state index is -0.874. The van der Waals surface area contributed by atoms with Crippen LogP contribution in [-0.4, -0.2) is 41.2 Å². The van der Waals surface area contributed by atoms with Crippen LogP contribution in [0.15, 0.2) is 22.0 Å². The summed E-state index contributed by atoms with van der Waals surface area (Å²) in [5.41, 5.74) is 6.35. The maximum absolute atomic E-state index is 10.1. The molecule has 1 aliphatic heterocycles. The van der Waals surface area contributed by atoms with Gasteiger partial charge in [0.2, 0.25) is 6.41 Å². The first kappa shape index (κ1) is 16.8. The molecule has 0 aromatic rings. The molecule has 0 aromatic carbocycles. The Balaban J connectivity index is 1.85. The Morgan fingerprint density at radius 2 is 2.14 bits per heavy atom. The second-order valence-electron chi connectivity index (χ2n) is 6.56. The van der Waals surface area contributed by atoms with Crippen LogP contribution in [0.3, 0.4) is 0 Å². The number of allylic oxidation sites excluding steroid dienone is 4. The molecule has 3 N–H and O–H groups in total. The summed E-state index contributed by atoms with van der Waals surface area (Å²) in [6.07, 6.45) is 3.70. The number of halogens is 1. The van der Waals surface area contributed by atoms with Crippen LogP contribution in [0.1, 0.15) is 40.0 Å². The molecule has 0 aromatic heterocycles. The Hall–Kier alpha value is -0.560. The lowest BCUT2D eigenvalue weighted by Crippen LogP contribution is -2.41. The summed E-state index contributed by atoms with van der Waals surface area (Å²) in [6, 6.07) is 0. The molecular weight excluding hydrogens is 336 g/mol. The van der Waals surface area contributed by atoms with Crippen LogP contribution in [0.25, 0.3) is 0 Å². The lowest BCUT2D eigenvalue weighted by Gasteiger charge is -2.29. The molecule has 120 valence electrons. The number of hydrogen-bond acceptors (Lipinski definition) is 5. The van der Waals surface area contributed by atoms with Crippen molar-refractivity contribution in [2.24, 2.45) is 5.73 Å². The van der Waals surface area contributed by atoms with Crippen LogP contribution in [0.2, 0.25) is 0 Å². The number of aliphatic hydroxyl groups is 1. The third kappa shape index (κ3) is 4.98. The maximum Gasteiger partial charge on any atom is 0.216 e. The van der Waals surface area contributed by atoms with Crippen LogP contribution in [0.5, 0.6) is 0 Å². The van der Waals surface area contributed by atoms with Crippen molar-refractivity contribution in [1.82, 2.24) is 4.90 Å². The lowest BCUT2D eigenvalue weighted by molar-refractivity contribution is -0.235. The Morgan fingerprint density at radius 1 is 1.43 bits per heavy atom. The fourth-order valence-electron chi connectivity index (χ4n) is 2.43. The molecule has 0 bridgehead atoms. The Kier molecular flexibility index (Phi) is 5.35. The number of rotatable bonds is 4. The topological polar surface area (TPSA) is 68.0 Å². The van der Waals surface area contributed by atoms with Gasteiger partial charge in [-0.1, -0.05) is 0 Å². The van der Waals surface area contributed by atoms with Crippen LogP contribution in [-0.2, 0) is 9.47 Å². The van der Waals surface area contributed by atoms with Crippen molar-refractivity contribution in [3.8, 4) is 0 Å². The van der Waals surface area contributed by atoms with Crippen molar-refractivity contribution >= 4 is 15.9 Å². The average Bonchev–Trinajstić information content (AvgIpc) is 2.80. The monoisotopic (exact) mass is 360 g/mol. The third-order valence-corrected chi connectivity index (χ3v) is 4.24. The zero-order valence-corrected chi connectivity index (χ0v) is 14.5. The molecule has 1 heterocycles. The number of likely N-dealkylation sites (tertiary alicyclic amines) is 1. The minimum absolute atomic E-state index is 0.0918. The van der Waals surface area contributed by atoms with E-state index >= 15 is 0 Å². The van der Waals surface area contributed by atoms with Crippen LogP contribution >= 0.6 is 15.9 Å². The molecule has 0 spiro atoms. The molecule has 0 amide bonds. The molecule has 1 fully saturated rings. The van der Waals surface area contributed by atoms with Gasteiger partial charge >= 0.3 is 0 Å². The first-order chi connectivity index (χ1) is 9.74. The van der Waals surface area contributed by atoms with E-state index in [0.29, 0.717) is 6.54 Å². The molecule has 1 unspecified atom stereocenters. The Labute approximate surface area is 134 Å². The first-order valence-electron chi connectivity index (χ1n) is 7.36. The fourth-order valence-corrected chi connectivity index (χ4v) is 2.89. The SMILES string of the molecule is CC(C)(C)O[C@H](O)N1CCC(OC2=CC(Br)=C(N)CC2)C1. The summed E-state index contributed by atoms with van der Waals surface area (Å²) in [4.78, 5) is 1.90. The van der Waals surface area contributed by atoms with Gasteiger partial charge in [-0.25, -0.2) is 0 Å². The standard InChI is InChI=1S/C15H25BrN2O3/c1-15(2,3)21-14(19)18-7-6-11(9-18)20-10-4-5-13(17)12(16)8-10/h8,11,14,19H,4-7,9,17H2,1-3H3/t11?,14-/m0/s1. The third-order valence-electron chi connectivity index (χ3n) is 3.50. The summed E-state index contributed by atoms with van der Waals surface area (Å²) >= 11 is 3.44. The van der Waals surface area contributed by atoms with Gasteiger partial charge in [0.05, 0.1) is 11.4 Å². The van der Waals surface area contributed by atoms with E-state index in [9.17, 15) is 5.11 Å². The quantitative estimate of drug-likeness (QED) is 0.753. The van der Waals surface area contributed by atoms with E-state index in [-0.39, 0.29) is 11.7 Å². The van der Waals surface area contributed by atoms with Crippen LogP contribution in [0.4, 0.5) is 0 Å². The highest BCUT2D eigenvalue weighted by Crippen LogP contribution is 2.28. The number of nitrogens with two attached hydrogens (primary N) is 1. The Bertz CT molecular complexity index is 443. The smallest absolute Gasteiger partial charge is 0.216 e. The molecule has 21 heavy (non-hydrogen) atoms. The van der Waals surface area contributed by atoms with Gasteiger partial charge in [-0.15, -0.1) is 0 Å². The van der Waals surface area contributed by atoms with E-state index in [2.05, 4.69) is 15.9 Å². The fraction of sp³-hybridized carbons (Fsp3) is 0.733. The zero-order valence-electron chi connectivity index (χ0n) is 12.9. The van der Waals surface area contributed by atoms with Crippen molar-refractivity contribution in [3.63, 3.8) is 0 Å². The summed E-state index contributed by atoms with van der Waals surface area (Å²) < 4.78 is 12.5. The Morgan fingerprint density at radius 3 is 2.76 bits per heavy atom. The predicted molar refractivity (Wildman–Crippen MR) is 85.4 cm³/mol. The molecule has 2 aliphatic rings. The van der Waals surface area contributed by atoms with E-state index in [0.717, 1.165) is 41.7 Å². The number of hydrogen-bond donors (Lipinski definition) is 2. The van der Waals surface area contributed by atoms with E-state index in [4.69, 9.17) is 15.2 Å². The number of ether oxygens (including phenoxy) is 2. The highest BCUT2D eigenvalue weighted by atomic mass is 79.9. The summed E-state index contributed by atoms with van der Waals surface area (Å²) in [7, 11) is 0. The molecule has 0 saturated carbocycles. The largest absolute Gasteiger partial charge is 0.493 e. The van der Waals surface area contributed by atoms with Crippen LogP contribution in [0, 0.1) is 0 Å². The second kappa shape index (κ2) is 6.69. The normalized spacial score (nSPS) is 26.0. The van der Waals surface area contributed by atoms with Crippen molar-refractivity contribution in [3.05, 3.63) is 22.0 Å². The molecule has 0 radical (unpaired) electrons. The molecule has 2 rings (SSSR count). The molecule has 6 heteroatoms. The highest BCUT2D eigenvalue weighted by Gasteiger charge is 2.31. The first-order valence-corrected chi connectivity index (χ1v) is 8.15. The van der Waals surface area contributed by atoms with Crippen molar-refractivity contribution in [2.45, 2.75) is 58.2 Å². The lowest BCUT2D eigenvalue weighted by atomic mass is 10.1. The molecule has 5 nitrogen and oxygen atoms in total. The second-order valence-corrected chi connectivity index (χ2v) is 7.42. The van der Waals surface area contributed by atoms with Crippen molar-refractivity contribution in [2.75, 3.05) is 13.1 Å². The molecule has 2 atom stereocenters. The van der Waals surface area contributed by atoms with Gasteiger partial charge in [-0.05, 0) is 55.6 Å². The predicted octanol–water partition coefficient (Wildman–Crippen LogP) is 2.41. The number of aliphatic hydroxyl groups excluding tert-OH is 1. The van der Waals surface area contributed by atoms with E-state index in [1.165, 1.54) is 0 Å². The van der Waals surface area contributed by atoms with Gasteiger partial charge in [0.25, 0.3) is 0 Å². The van der Waals surface area contributed by atoms with Crippen molar-refractivity contribution in [1.29, 1.82) is 0 Å². The number of nitrogens with zero attached hydrogens (tertiary/aromatic N) is 1. The molecular formula is C15H25BrN2O3. The van der Waals surface area contributed by atoms with Gasteiger partial charge < -0.3 is 20.3 Å². The summed E-state index contributed by atoms with van der Waals surface area (Å²) in [5.74, 6) is 0.953. The minimum Gasteiger partial charge on any atom is -0.493 e. The summed E-state index contributed by atoms with van der Waals surface area (Å²) in [5, 5.41) is 10.1. The van der Waals surface area contributed by atoms with Gasteiger partial charge in [-0.2, -0.15) is 0 Å². The average molecular weight is 361 g/mol. The highest BCUT2D eigenvalue weighted by molar-refractivity contribution is 9.11. The van der Waals surface area contributed by atoms with Gasteiger partial charge in [0.1, 0.15) is 6.10 Å². The van der Waals surface area contributed by atoms with Gasteiger partial charge in [0.15, 0.2) is 0 Å². The van der Waals surface area contributed by atoms with E-state index < -0.39 is 6.41 Å². The maximum atomic E-state index is 10.1. The zero-order chi connectivity index (χ0) is 15.6. The van der Waals surface area contributed by atoms with E-state index in [1.807, 2.05) is 31.7 Å².